The monoisotopic (exact) mass is 217 g/mol. The van der Waals surface area contributed by atoms with Gasteiger partial charge in [-0.2, -0.15) is 0 Å². The number of rotatable bonds is 4. The molecule has 0 aliphatic heterocycles. The average molecular weight is 217 g/mol. The molecule has 2 N–H and O–H groups in total. The van der Waals surface area contributed by atoms with Gasteiger partial charge in [0.2, 0.25) is 0 Å². The van der Waals surface area contributed by atoms with E-state index < -0.39 is 0 Å². The number of para-hydroxylation sites is 1. The van der Waals surface area contributed by atoms with Gasteiger partial charge >= 0.3 is 0 Å². The largest absolute Gasteiger partial charge is 0.383 e. The third kappa shape index (κ3) is 2.06. The van der Waals surface area contributed by atoms with Crippen LogP contribution in [0.4, 0.5) is 0 Å². The summed E-state index contributed by atoms with van der Waals surface area (Å²) in [6, 6.07) is 8.57. The quantitative estimate of drug-likeness (QED) is 0.759. The van der Waals surface area contributed by atoms with Crippen molar-refractivity contribution in [2.24, 2.45) is 0 Å². The summed E-state index contributed by atoms with van der Waals surface area (Å²) in [6.45, 7) is 1.02. The number of aromatic nitrogens is 1. The van der Waals surface area contributed by atoms with E-state index >= 15 is 0 Å². The summed E-state index contributed by atoms with van der Waals surface area (Å²) < 4.78 is 4.87. The molecule has 0 atom stereocenters. The van der Waals surface area contributed by atoms with Gasteiger partial charge in [-0.25, -0.2) is 0 Å². The highest BCUT2D eigenvalue weighted by Gasteiger charge is 2.09. The molecule has 0 aliphatic carbocycles. The topological polar surface area (TPSA) is 54.1 Å². The van der Waals surface area contributed by atoms with Crippen LogP contribution in [0.1, 0.15) is 10.4 Å². The Morgan fingerprint density at radius 2 is 2.44 bits per heavy atom. The number of benzene rings is 1. The van der Waals surface area contributed by atoms with Crippen LogP contribution in [-0.4, -0.2) is 31.2 Å². The number of methoxy groups -OCH3 is 1. The first-order valence-corrected chi connectivity index (χ1v) is 5.08. The van der Waals surface area contributed by atoms with Crippen LogP contribution in [0.3, 0.4) is 0 Å². The van der Waals surface area contributed by atoms with E-state index in [2.05, 4.69) is 16.4 Å². The Morgan fingerprint density at radius 3 is 3.25 bits per heavy atom. The lowest BCUT2D eigenvalue weighted by atomic mass is 10.1. The van der Waals surface area contributed by atoms with E-state index in [0.29, 0.717) is 18.7 Å². The minimum absolute atomic E-state index is 0.0986. The van der Waals surface area contributed by atoms with Gasteiger partial charge in [0.25, 0.3) is 5.91 Å². The van der Waals surface area contributed by atoms with Gasteiger partial charge in [-0.15, -0.1) is 0 Å². The molecule has 1 amide bonds. The molecule has 1 heterocycles. The van der Waals surface area contributed by atoms with Gasteiger partial charge in [-0.1, -0.05) is 12.1 Å². The SMILES string of the molecule is COCCNC(=O)c1cccc2[c]c[nH]c12. The smallest absolute Gasteiger partial charge is 0.253 e. The third-order valence-corrected chi connectivity index (χ3v) is 2.35. The molecule has 4 nitrogen and oxygen atoms in total. The summed E-state index contributed by atoms with van der Waals surface area (Å²) in [7, 11) is 1.60. The van der Waals surface area contributed by atoms with Crippen molar-refractivity contribution >= 4 is 16.8 Å². The van der Waals surface area contributed by atoms with Gasteiger partial charge in [-0.05, 0) is 6.07 Å². The highest BCUT2D eigenvalue weighted by molar-refractivity contribution is 6.05. The fourth-order valence-electron chi connectivity index (χ4n) is 1.57. The molecule has 4 heteroatoms. The summed E-state index contributed by atoms with van der Waals surface area (Å²) in [5.74, 6) is -0.0986. The van der Waals surface area contributed by atoms with E-state index in [-0.39, 0.29) is 5.91 Å². The number of H-pyrrole nitrogens is 1. The number of fused-ring (bicyclic) bond motifs is 1. The second-order valence-electron chi connectivity index (χ2n) is 3.41. The Kier molecular flexibility index (Phi) is 3.22. The Bertz CT molecular complexity index is 490. The molecule has 2 aromatic rings. The molecule has 0 saturated heterocycles. The number of hydrogen-bond donors (Lipinski definition) is 2. The van der Waals surface area contributed by atoms with Gasteiger partial charge in [0.05, 0.1) is 17.7 Å². The normalized spacial score (nSPS) is 10.6. The summed E-state index contributed by atoms with van der Waals surface area (Å²) in [4.78, 5) is 14.8. The molecule has 0 fully saturated rings. The highest BCUT2D eigenvalue weighted by atomic mass is 16.5. The van der Waals surface area contributed by atoms with E-state index in [4.69, 9.17) is 4.74 Å². The highest BCUT2D eigenvalue weighted by Crippen LogP contribution is 2.15. The number of ether oxygens (including phenoxy) is 1. The molecule has 16 heavy (non-hydrogen) atoms. The zero-order valence-electron chi connectivity index (χ0n) is 9.04. The lowest BCUT2D eigenvalue weighted by Crippen LogP contribution is -2.27. The Morgan fingerprint density at radius 1 is 1.56 bits per heavy atom. The zero-order chi connectivity index (χ0) is 11.4. The molecule has 0 unspecified atom stereocenters. The molecule has 2 rings (SSSR count). The van der Waals surface area contributed by atoms with Crippen LogP contribution < -0.4 is 5.32 Å². The number of aromatic amines is 1. The molecule has 0 aliphatic rings. The predicted octanol–water partition coefficient (Wildman–Crippen LogP) is 1.34. The van der Waals surface area contributed by atoms with Crippen molar-refractivity contribution < 1.29 is 9.53 Å². The fourth-order valence-corrected chi connectivity index (χ4v) is 1.57. The van der Waals surface area contributed by atoms with E-state index in [0.717, 1.165) is 10.9 Å². The van der Waals surface area contributed by atoms with E-state index in [1.54, 1.807) is 19.4 Å². The maximum Gasteiger partial charge on any atom is 0.253 e. The maximum absolute atomic E-state index is 11.8. The first-order chi connectivity index (χ1) is 7.83. The first-order valence-electron chi connectivity index (χ1n) is 5.08. The summed E-state index contributed by atoms with van der Waals surface area (Å²) in [6.07, 6.45) is 1.70. The van der Waals surface area contributed by atoms with Gasteiger partial charge in [0.15, 0.2) is 0 Å². The predicted molar refractivity (Wildman–Crippen MR) is 61.3 cm³/mol. The van der Waals surface area contributed by atoms with E-state index in [1.165, 1.54) is 0 Å². The van der Waals surface area contributed by atoms with Crippen LogP contribution >= 0.6 is 0 Å². The number of hydrogen-bond acceptors (Lipinski definition) is 2. The van der Waals surface area contributed by atoms with Crippen molar-refractivity contribution in [3.63, 3.8) is 0 Å². The van der Waals surface area contributed by atoms with Crippen LogP contribution in [0.15, 0.2) is 24.4 Å². The third-order valence-electron chi connectivity index (χ3n) is 2.35. The van der Waals surface area contributed by atoms with Gasteiger partial charge < -0.3 is 15.0 Å². The van der Waals surface area contributed by atoms with Crippen molar-refractivity contribution in [3.8, 4) is 0 Å². The van der Waals surface area contributed by atoms with Gasteiger partial charge in [0, 0.05) is 31.3 Å². The molecule has 1 aromatic carbocycles. The summed E-state index contributed by atoms with van der Waals surface area (Å²) in [5.41, 5.74) is 1.45. The Hall–Kier alpha value is -1.81. The maximum atomic E-state index is 11.8. The lowest BCUT2D eigenvalue weighted by molar-refractivity contribution is 0.0938. The molecule has 0 saturated carbocycles. The van der Waals surface area contributed by atoms with Crippen molar-refractivity contribution in [2.75, 3.05) is 20.3 Å². The van der Waals surface area contributed by atoms with Crippen LogP contribution in [0.2, 0.25) is 0 Å². The molecule has 1 radical (unpaired) electrons. The minimum atomic E-state index is -0.0986. The van der Waals surface area contributed by atoms with Gasteiger partial charge in [0.1, 0.15) is 0 Å². The minimum Gasteiger partial charge on any atom is -0.383 e. The Labute approximate surface area is 93.6 Å². The molecule has 0 bridgehead atoms. The zero-order valence-corrected chi connectivity index (χ0v) is 9.04. The second-order valence-corrected chi connectivity index (χ2v) is 3.41. The molecule has 0 spiro atoms. The van der Waals surface area contributed by atoms with Crippen LogP contribution in [-0.2, 0) is 4.74 Å². The van der Waals surface area contributed by atoms with Crippen LogP contribution in [0, 0.1) is 6.07 Å². The van der Waals surface area contributed by atoms with E-state index in [9.17, 15) is 4.79 Å². The lowest BCUT2D eigenvalue weighted by Gasteiger charge is -2.05. The van der Waals surface area contributed by atoms with Crippen molar-refractivity contribution in [2.45, 2.75) is 0 Å². The molecule has 83 valence electrons. The van der Waals surface area contributed by atoms with Crippen molar-refractivity contribution in [3.05, 3.63) is 36.0 Å². The summed E-state index contributed by atoms with van der Waals surface area (Å²) in [5, 5.41) is 3.70. The summed E-state index contributed by atoms with van der Waals surface area (Å²) >= 11 is 0. The van der Waals surface area contributed by atoms with Crippen LogP contribution in [0.5, 0.6) is 0 Å². The molecular formula is C12H13N2O2. The van der Waals surface area contributed by atoms with Crippen molar-refractivity contribution in [1.82, 2.24) is 10.3 Å². The fraction of sp³-hybridized carbons (Fsp3) is 0.250. The molecular weight excluding hydrogens is 204 g/mol. The van der Waals surface area contributed by atoms with E-state index in [1.807, 2.05) is 12.1 Å². The number of carbonyl (C=O) groups is 1. The number of nitrogens with one attached hydrogen (secondary N) is 2. The van der Waals surface area contributed by atoms with Gasteiger partial charge in [-0.3, -0.25) is 4.79 Å². The number of amides is 1. The first kappa shape index (κ1) is 10.7. The Balaban J connectivity index is 2.19. The van der Waals surface area contributed by atoms with Crippen LogP contribution in [0.25, 0.3) is 10.9 Å². The second kappa shape index (κ2) is 4.81. The standard InChI is InChI=1S/C12H13N2O2/c1-16-8-7-14-12(15)10-4-2-3-9-5-6-13-11(9)10/h2-4,6,13H,7-8H2,1H3,(H,14,15). The van der Waals surface area contributed by atoms with Crippen molar-refractivity contribution in [1.29, 1.82) is 0 Å². The molecule has 1 aromatic heterocycles. The number of carbonyl (C=O) groups excluding carboxylic acids is 1. The average Bonchev–Trinajstić information content (AvgIpc) is 2.76.